The molecule has 38 heavy (non-hydrogen) atoms. The maximum Gasteiger partial charge on any atom is 0.280 e. The Bertz CT molecular complexity index is 1600. The van der Waals surface area contributed by atoms with Crippen molar-refractivity contribution in [3.05, 3.63) is 85.6 Å². The van der Waals surface area contributed by atoms with Gasteiger partial charge in [0.15, 0.2) is 5.69 Å². The van der Waals surface area contributed by atoms with Gasteiger partial charge in [0.1, 0.15) is 11.4 Å². The van der Waals surface area contributed by atoms with Crippen LogP contribution in [0.1, 0.15) is 53.1 Å². The van der Waals surface area contributed by atoms with Gasteiger partial charge < -0.3 is 14.6 Å². The molecule has 1 amide bonds. The van der Waals surface area contributed by atoms with Crippen molar-refractivity contribution in [2.24, 2.45) is 0 Å². The van der Waals surface area contributed by atoms with Crippen molar-refractivity contribution in [2.75, 3.05) is 31.0 Å². The van der Waals surface area contributed by atoms with Crippen molar-refractivity contribution in [1.82, 2.24) is 24.7 Å². The van der Waals surface area contributed by atoms with Gasteiger partial charge in [0.2, 0.25) is 11.8 Å². The predicted octanol–water partition coefficient (Wildman–Crippen LogP) is 4.61. The minimum atomic E-state index is -0.659. The van der Waals surface area contributed by atoms with E-state index in [1.54, 1.807) is 27.9 Å². The molecule has 0 unspecified atom stereocenters. The summed E-state index contributed by atoms with van der Waals surface area (Å²) in [5.74, 6) is 0.270. The van der Waals surface area contributed by atoms with Crippen molar-refractivity contribution in [3.8, 4) is 11.6 Å². The van der Waals surface area contributed by atoms with Crippen molar-refractivity contribution in [3.63, 3.8) is 0 Å². The lowest BCUT2D eigenvalue weighted by molar-refractivity contribution is 0.0988. The highest BCUT2D eigenvalue weighted by molar-refractivity contribution is 6.31. The first-order valence-corrected chi connectivity index (χ1v) is 12.6. The quantitative estimate of drug-likeness (QED) is 0.371. The highest BCUT2D eigenvalue weighted by Gasteiger charge is 2.46. The monoisotopic (exact) mass is 553 g/mol. The van der Waals surface area contributed by atoms with Gasteiger partial charge in [-0.3, -0.25) is 14.5 Å². The number of carbonyl (C=O) groups is 1. The summed E-state index contributed by atoms with van der Waals surface area (Å²) in [6.07, 6.45) is 3.00. The Morgan fingerprint density at radius 2 is 1.79 bits per heavy atom. The number of methoxy groups -OCH3 is 1. The Labute approximate surface area is 228 Å². The van der Waals surface area contributed by atoms with Gasteiger partial charge >= 0.3 is 0 Å². The summed E-state index contributed by atoms with van der Waals surface area (Å²) >= 11 is 12.4. The summed E-state index contributed by atoms with van der Waals surface area (Å²) in [6, 6.07) is 7.98. The molecule has 12 heteroatoms. The fourth-order valence-electron chi connectivity index (χ4n) is 4.67. The third-order valence-electron chi connectivity index (χ3n) is 6.30. The number of H-pyrrole nitrogens is 1. The first-order valence-electron chi connectivity index (χ1n) is 11.8. The van der Waals surface area contributed by atoms with Crippen molar-refractivity contribution >= 4 is 40.7 Å². The van der Waals surface area contributed by atoms with E-state index in [1.165, 1.54) is 24.3 Å². The number of hydrogen-bond donors (Lipinski definition) is 1. The van der Waals surface area contributed by atoms with E-state index in [9.17, 15) is 9.59 Å². The summed E-state index contributed by atoms with van der Waals surface area (Å²) < 4.78 is 7.25. The Morgan fingerprint density at radius 1 is 1.08 bits per heavy atom. The fourth-order valence-corrected chi connectivity index (χ4v) is 4.95. The van der Waals surface area contributed by atoms with E-state index in [-0.39, 0.29) is 17.3 Å². The van der Waals surface area contributed by atoms with Crippen LogP contribution in [0, 0.1) is 0 Å². The number of anilines is 2. The third-order valence-corrected chi connectivity index (χ3v) is 6.77. The first-order chi connectivity index (χ1) is 18.1. The van der Waals surface area contributed by atoms with Gasteiger partial charge in [-0.1, -0.05) is 49.2 Å². The summed E-state index contributed by atoms with van der Waals surface area (Å²) in [7, 11) is 5.18. The molecule has 0 saturated carbocycles. The number of fused-ring (bicyclic) bond motifs is 1. The van der Waals surface area contributed by atoms with Crippen molar-refractivity contribution < 1.29 is 9.53 Å². The second-order valence-electron chi connectivity index (χ2n) is 9.33. The van der Waals surface area contributed by atoms with Gasteiger partial charge in [-0.25, -0.2) is 9.67 Å². The van der Waals surface area contributed by atoms with Crippen LogP contribution < -0.4 is 20.1 Å². The number of nitrogens with zero attached hydrogens (tertiary/aromatic N) is 6. The molecular formula is C26H25Cl2N7O3. The van der Waals surface area contributed by atoms with E-state index in [0.717, 1.165) is 11.3 Å². The smallest absolute Gasteiger partial charge is 0.280 e. The molecule has 0 spiro atoms. The molecule has 0 aliphatic carbocycles. The highest BCUT2D eigenvalue weighted by atomic mass is 35.5. The van der Waals surface area contributed by atoms with Crippen LogP contribution in [-0.4, -0.2) is 51.8 Å². The molecule has 3 aromatic heterocycles. The lowest BCUT2D eigenvalue weighted by Gasteiger charge is -2.27. The number of amides is 1. The number of pyridine rings is 1. The van der Waals surface area contributed by atoms with Crippen LogP contribution in [0.25, 0.3) is 5.69 Å². The molecule has 1 aromatic carbocycles. The third kappa shape index (κ3) is 4.19. The number of benzene rings is 1. The molecule has 0 radical (unpaired) electrons. The number of rotatable bonds is 6. The Kier molecular flexibility index (Phi) is 6.62. The SMILES string of the molecule is COc1nc(N(C)C)ncc1-n1nc2c(c1C(C)C)[C@H](c1ccc(Cl)cc1)N(c1cc(Cl)c[nH]c1=O)C2=O. The second-order valence-corrected chi connectivity index (χ2v) is 10.2. The fraction of sp³-hybridized carbons (Fsp3) is 0.269. The topological polar surface area (TPSA) is 109 Å². The van der Waals surface area contributed by atoms with Crippen molar-refractivity contribution in [1.29, 1.82) is 0 Å². The zero-order valence-corrected chi connectivity index (χ0v) is 22.9. The average Bonchev–Trinajstić information content (AvgIpc) is 3.40. The van der Waals surface area contributed by atoms with E-state index < -0.39 is 17.5 Å². The summed E-state index contributed by atoms with van der Waals surface area (Å²) in [5, 5.41) is 5.59. The second kappa shape index (κ2) is 9.77. The number of carbonyl (C=O) groups excluding carboxylic acids is 1. The number of ether oxygens (including phenoxy) is 1. The molecule has 196 valence electrons. The van der Waals surface area contributed by atoms with Gasteiger partial charge in [0.25, 0.3) is 11.5 Å². The van der Waals surface area contributed by atoms with Crippen LogP contribution >= 0.6 is 23.2 Å². The van der Waals surface area contributed by atoms with Crippen molar-refractivity contribution in [2.45, 2.75) is 25.8 Å². The van der Waals surface area contributed by atoms with E-state index in [0.29, 0.717) is 33.1 Å². The molecule has 0 fully saturated rings. The maximum absolute atomic E-state index is 14.0. The standard InChI is InChI=1S/C26H25Cl2N7O3/c1-13(2)21-19-20(32-35(21)18-12-30-26(33(3)4)31-24(18)38-5)25(37)34(17-10-16(28)11-29-23(17)36)22(19)14-6-8-15(27)9-7-14/h6-13,22H,1-5H3,(H,29,36)/t22-/m0/s1. The normalized spacial score (nSPS) is 14.8. The van der Waals surface area contributed by atoms with Crippen LogP contribution in [-0.2, 0) is 0 Å². The van der Waals surface area contributed by atoms with Crippen LogP contribution in [0.5, 0.6) is 5.88 Å². The minimum absolute atomic E-state index is 0.0790. The summed E-state index contributed by atoms with van der Waals surface area (Å²) in [6.45, 7) is 4.02. The van der Waals surface area contributed by atoms with Gasteiger partial charge in [0.05, 0.1) is 30.1 Å². The van der Waals surface area contributed by atoms with Gasteiger partial charge in [-0.05, 0) is 29.7 Å². The number of aromatic amines is 1. The number of hydrogen-bond acceptors (Lipinski definition) is 7. The molecular weight excluding hydrogens is 529 g/mol. The van der Waals surface area contributed by atoms with E-state index >= 15 is 0 Å². The molecule has 0 bridgehead atoms. The Morgan fingerprint density at radius 3 is 2.42 bits per heavy atom. The zero-order chi connectivity index (χ0) is 27.3. The number of nitrogens with one attached hydrogen (secondary N) is 1. The molecule has 1 aliphatic rings. The van der Waals surface area contributed by atoms with Gasteiger partial charge in [0, 0.05) is 30.9 Å². The molecule has 4 aromatic rings. The molecule has 10 nitrogen and oxygen atoms in total. The van der Waals surface area contributed by atoms with Gasteiger partial charge in [-0.15, -0.1) is 0 Å². The lowest BCUT2D eigenvalue weighted by Crippen LogP contribution is -2.34. The predicted molar refractivity (Wildman–Crippen MR) is 146 cm³/mol. The largest absolute Gasteiger partial charge is 0.479 e. The molecule has 5 rings (SSSR count). The van der Waals surface area contributed by atoms with Crippen LogP contribution in [0.15, 0.2) is 47.5 Å². The Hall–Kier alpha value is -3.89. The van der Waals surface area contributed by atoms with Crippen LogP contribution in [0.2, 0.25) is 10.0 Å². The van der Waals surface area contributed by atoms with E-state index in [2.05, 4.69) is 15.0 Å². The van der Waals surface area contributed by atoms with Crippen LogP contribution in [0.3, 0.4) is 0 Å². The number of aromatic nitrogens is 5. The highest BCUT2D eigenvalue weighted by Crippen LogP contribution is 2.45. The zero-order valence-electron chi connectivity index (χ0n) is 21.4. The minimum Gasteiger partial charge on any atom is -0.479 e. The van der Waals surface area contributed by atoms with E-state index in [4.69, 9.17) is 33.0 Å². The molecule has 4 heterocycles. The van der Waals surface area contributed by atoms with E-state index in [1.807, 2.05) is 40.1 Å². The average molecular weight is 554 g/mol. The maximum atomic E-state index is 14.0. The van der Waals surface area contributed by atoms with Gasteiger partial charge in [-0.2, -0.15) is 10.1 Å². The first kappa shape index (κ1) is 25.7. The molecule has 1 N–H and O–H groups in total. The Balaban J connectivity index is 1.79. The summed E-state index contributed by atoms with van der Waals surface area (Å²) in [5.41, 5.74) is 2.57. The molecule has 1 aliphatic heterocycles. The lowest BCUT2D eigenvalue weighted by atomic mass is 9.94. The van der Waals surface area contributed by atoms with Crippen LogP contribution in [0.4, 0.5) is 11.6 Å². The summed E-state index contributed by atoms with van der Waals surface area (Å²) in [4.78, 5) is 41.6. The molecule has 0 saturated heterocycles. The molecule has 1 atom stereocenters. The number of halogens is 2.